The van der Waals surface area contributed by atoms with E-state index in [4.69, 9.17) is 4.74 Å². The van der Waals surface area contributed by atoms with E-state index in [1.807, 2.05) is 24.3 Å². The van der Waals surface area contributed by atoms with Crippen LogP contribution >= 0.6 is 0 Å². The normalized spacial score (nSPS) is 26.1. The Labute approximate surface area is 126 Å². The molecule has 0 bridgehead atoms. The van der Waals surface area contributed by atoms with Gasteiger partial charge < -0.3 is 9.84 Å². The van der Waals surface area contributed by atoms with E-state index in [-0.39, 0.29) is 6.10 Å². The number of aromatic nitrogens is 1. The number of hydrogen-bond donors (Lipinski definition) is 1. The fourth-order valence-corrected chi connectivity index (χ4v) is 3.21. The number of aliphatic hydroxyl groups is 1. The maximum atomic E-state index is 10.9. The topological polar surface area (TPSA) is 42.4 Å². The van der Waals surface area contributed by atoms with Crippen LogP contribution in [0, 0.1) is 0 Å². The molecular weight excluding hydrogens is 262 g/mol. The molecule has 3 heteroatoms. The average molecular weight is 285 g/mol. The second-order valence-electron chi connectivity index (χ2n) is 6.13. The lowest BCUT2D eigenvalue weighted by molar-refractivity contribution is -0.105. The second kappa shape index (κ2) is 6.12. The van der Waals surface area contributed by atoms with Crippen LogP contribution in [0.5, 0.6) is 0 Å². The molecule has 1 aliphatic heterocycles. The fraction of sp³-hybridized carbons (Fsp3) is 0.500. The Morgan fingerprint density at radius 1 is 1.29 bits per heavy atom. The van der Waals surface area contributed by atoms with Crippen molar-refractivity contribution in [2.75, 3.05) is 6.61 Å². The van der Waals surface area contributed by atoms with E-state index in [2.05, 4.69) is 24.0 Å². The van der Waals surface area contributed by atoms with Crippen LogP contribution in [0.1, 0.15) is 38.3 Å². The molecule has 0 saturated carbocycles. The molecule has 2 atom stereocenters. The molecule has 1 aromatic carbocycles. The largest absolute Gasteiger partial charge is 0.389 e. The molecule has 1 N–H and O–H groups in total. The van der Waals surface area contributed by atoms with Gasteiger partial charge in [0.15, 0.2) is 0 Å². The zero-order valence-corrected chi connectivity index (χ0v) is 12.6. The lowest BCUT2D eigenvalue weighted by atomic mass is 9.85. The number of hydrogen-bond acceptors (Lipinski definition) is 3. The predicted octanol–water partition coefficient (Wildman–Crippen LogP) is 3.49. The van der Waals surface area contributed by atoms with Crippen molar-refractivity contribution in [1.29, 1.82) is 0 Å². The lowest BCUT2D eigenvalue weighted by Crippen LogP contribution is -2.42. The number of para-hydroxylation sites is 1. The smallest absolute Gasteiger partial charge is 0.0749 e. The van der Waals surface area contributed by atoms with Crippen molar-refractivity contribution in [3.8, 4) is 0 Å². The summed E-state index contributed by atoms with van der Waals surface area (Å²) in [4.78, 5) is 4.68. The summed E-state index contributed by atoms with van der Waals surface area (Å²) in [7, 11) is 0. The molecule has 1 aromatic heterocycles. The number of pyridine rings is 1. The van der Waals surface area contributed by atoms with Crippen LogP contribution in [0.3, 0.4) is 0 Å². The van der Waals surface area contributed by atoms with Crippen molar-refractivity contribution >= 4 is 10.9 Å². The first-order chi connectivity index (χ1) is 10.2. The summed E-state index contributed by atoms with van der Waals surface area (Å²) in [6, 6.07) is 12.2. The predicted molar refractivity (Wildman–Crippen MR) is 84.3 cm³/mol. The number of fused-ring (bicyclic) bond motifs is 1. The van der Waals surface area contributed by atoms with Gasteiger partial charge in [-0.2, -0.15) is 0 Å². The zero-order chi connectivity index (χ0) is 14.7. The van der Waals surface area contributed by atoms with Crippen molar-refractivity contribution in [2.45, 2.75) is 50.7 Å². The summed E-state index contributed by atoms with van der Waals surface area (Å²) in [6.45, 7) is 2.80. The molecule has 3 nitrogen and oxygen atoms in total. The first kappa shape index (κ1) is 14.5. The van der Waals surface area contributed by atoms with E-state index in [0.29, 0.717) is 19.4 Å². The average Bonchev–Trinajstić information content (AvgIpc) is 2.47. The first-order valence-electron chi connectivity index (χ1n) is 7.87. The van der Waals surface area contributed by atoms with Crippen LogP contribution in [-0.2, 0) is 11.2 Å². The Kier molecular flexibility index (Phi) is 4.22. The molecule has 21 heavy (non-hydrogen) atoms. The molecule has 2 heterocycles. The molecular formula is C18H23NO2. The van der Waals surface area contributed by atoms with E-state index in [9.17, 15) is 5.11 Å². The van der Waals surface area contributed by atoms with E-state index in [1.54, 1.807) is 0 Å². The van der Waals surface area contributed by atoms with E-state index < -0.39 is 5.60 Å². The van der Waals surface area contributed by atoms with Gasteiger partial charge in [0.05, 0.1) is 17.2 Å². The minimum Gasteiger partial charge on any atom is -0.389 e. The Balaban J connectivity index is 1.76. The summed E-state index contributed by atoms with van der Waals surface area (Å²) < 4.78 is 5.74. The number of benzene rings is 1. The molecule has 0 aliphatic carbocycles. The molecule has 2 aromatic rings. The molecule has 3 rings (SSSR count). The van der Waals surface area contributed by atoms with Gasteiger partial charge in [-0.3, -0.25) is 4.98 Å². The first-order valence-corrected chi connectivity index (χ1v) is 7.87. The van der Waals surface area contributed by atoms with Crippen LogP contribution in [0.25, 0.3) is 10.9 Å². The van der Waals surface area contributed by atoms with Crippen LogP contribution in [-0.4, -0.2) is 28.4 Å². The summed E-state index contributed by atoms with van der Waals surface area (Å²) in [5, 5.41) is 12.0. The number of nitrogens with zero attached hydrogens (tertiary/aromatic N) is 1. The van der Waals surface area contributed by atoms with Gasteiger partial charge in [-0.25, -0.2) is 0 Å². The van der Waals surface area contributed by atoms with Crippen LogP contribution in [0.2, 0.25) is 0 Å². The van der Waals surface area contributed by atoms with Crippen molar-refractivity contribution in [3.63, 3.8) is 0 Å². The third-order valence-corrected chi connectivity index (χ3v) is 4.31. The molecule has 0 amide bonds. The highest BCUT2D eigenvalue weighted by atomic mass is 16.5. The highest BCUT2D eigenvalue weighted by Crippen LogP contribution is 2.30. The summed E-state index contributed by atoms with van der Waals surface area (Å²) in [5.41, 5.74) is 1.29. The molecule has 1 saturated heterocycles. The maximum absolute atomic E-state index is 10.9. The minimum atomic E-state index is -0.673. The van der Waals surface area contributed by atoms with Crippen molar-refractivity contribution in [2.24, 2.45) is 0 Å². The van der Waals surface area contributed by atoms with Gasteiger partial charge in [0.25, 0.3) is 0 Å². The molecule has 2 unspecified atom stereocenters. The maximum Gasteiger partial charge on any atom is 0.0749 e. The summed E-state index contributed by atoms with van der Waals surface area (Å²) in [5.74, 6) is 0. The third kappa shape index (κ3) is 3.42. The molecule has 1 fully saturated rings. The zero-order valence-electron chi connectivity index (χ0n) is 12.6. The number of rotatable bonds is 4. The van der Waals surface area contributed by atoms with Gasteiger partial charge in [0.1, 0.15) is 0 Å². The lowest BCUT2D eigenvalue weighted by Gasteiger charge is -2.36. The highest BCUT2D eigenvalue weighted by Gasteiger charge is 2.35. The van der Waals surface area contributed by atoms with Gasteiger partial charge in [0.2, 0.25) is 0 Å². The second-order valence-corrected chi connectivity index (χ2v) is 6.13. The van der Waals surface area contributed by atoms with Crippen LogP contribution in [0.15, 0.2) is 36.4 Å². The highest BCUT2D eigenvalue weighted by molar-refractivity contribution is 5.78. The van der Waals surface area contributed by atoms with Crippen LogP contribution in [0.4, 0.5) is 0 Å². The van der Waals surface area contributed by atoms with Gasteiger partial charge in [-0.1, -0.05) is 37.6 Å². The van der Waals surface area contributed by atoms with E-state index in [0.717, 1.165) is 35.9 Å². The van der Waals surface area contributed by atoms with E-state index >= 15 is 0 Å². The van der Waals surface area contributed by atoms with Crippen LogP contribution < -0.4 is 0 Å². The van der Waals surface area contributed by atoms with Gasteiger partial charge in [-0.05, 0) is 25.0 Å². The molecule has 1 aliphatic rings. The Bertz CT molecular complexity index is 611. The Morgan fingerprint density at radius 2 is 2.14 bits per heavy atom. The fourth-order valence-electron chi connectivity index (χ4n) is 3.21. The summed E-state index contributed by atoms with van der Waals surface area (Å²) in [6.07, 6.45) is 4.33. The molecule has 0 radical (unpaired) electrons. The Morgan fingerprint density at radius 3 is 3.00 bits per heavy atom. The monoisotopic (exact) mass is 285 g/mol. The van der Waals surface area contributed by atoms with Gasteiger partial charge in [-0.15, -0.1) is 0 Å². The van der Waals surface area contributed by atoms with Gasteiger partial charge in [0, 0.05) is 30.5 Å². The third-order valence-electron chi connectivity index (χ3n) is 4.31. The quantitative estimate of drug-likeness (QED) is 0.935. The minimum absolute atomic E-state index is 0.189. The van der Waals surface area contributed by atoms with Gasteiger partial charge >= 0.3 is 0 Å². The standard InChI is InChI=1S/C18H23NO2/c1-2-5-16-13-18(20,10-11-21-16)12-15-9-8-14-6-3-4-7-17(14)19-15/h3-4,6-9,16,20H,2,5,10-13H2,1H3. The van der Waals surface area contributed by atoms with Crippen molar-refractivity contribution < 1.29 is 9.84 Å². The van der Waals surface area contributed by atoms with E-state index in [1.165, 1.54) is 0 Å². The molecule has 112 valence electrons. The summed E-state index contributed by atoms with van der Waals surface area (Å²) >= 11 is 0. The molecule has 0 spiro atoms. The SMILES string of the molecule is CCCC1CC(O)(Cc2ccc3ccccc3n2)CCO1. The number of ether oxygens (including phenoxy) is 1. The Hall–Kier alpha value is -1.45. The van der Waals surface area contributed by atoms with Crippen molar-refractivity contribution in [1.82, 2.24) is 4.98 Å². The van der Waals surface area contributed by atoms with Crippen molar-refractivity contribution in [3.05, 3.63) is 42.1 Å².